The van der Waals surface area contributed by atoms with Gasteiger partial charge in [-0.05, 0) is 32.0 Å². The van der Waals surface area contributed by atoms with E-state index in [1.165, 1.54) is 11.3 Å². The van der Waals surface area contributed by atoms with Gasteiger partial charge in [-0.15, -0.1) is 0 Å². The average Bonchev–Trinajstić information content (AvgIpc) is 2.48. The summed E-state index contributed by atoms with van der Waals surface area (Å²) in [6.07, 6.45) is 2.90. The predicted molar refractivity (Wildman–Crippen MR) is 57.4 cm³/mol. The lowest BCUT2D eigenvalue weighted by molar-refractivity contribution is 0.920. The van der Waals surface area contributed by atoms with Crippen molar-refractivity contribution in [2.45, 2.75) is 20.3 Å². The minimum atomic E-state index is 0.657. The fourth-order valence-electron chi connectivity index (χ4n) is 1.74. The SMILES string of the molecule is Cc1cccn2c(C)c(CCN)nc12. The lowest BCUT2D eigenvalue weighted by atomic mass is 10.2. The molecule has 0 saturated heterocycles. The molecule has 0 amide bonds. The van der Waals surface area contributed by atoms with Gasteiger partial charge in [-0.2, -0.15) is 0 Å². The highest BCUT2D eigenvalue weighted by atomic mass is 15.0. The minimum absolute atomic E-state index is 0.657. The van der Waals surface area contributed by atoms with E-state index in [1.54, 1.807) is 0 Å². The molecule has 0 aliphatic rings. The largest absolute Gasteiger partial charge is 0.330 e. The van der Waals surface area contributed by atoms with Crippen LogP contribution in [0, 0.1) is 13.8 Å². The molecule has 0 radical (unpaired) electrons. The lowest BCUT2D eigenvalue weighted by Gasteiger charge is -1.98. The van der Waals surface area contributed by atoms with Crippen LogP contribution < -0.4 is 5.73 Å². The summed E-state index contributed by atoms with van der Waals surface area (Å²) in [5, 5.41) is 0. The smallest absolute Gasteiger partial charge is 0.140 e. The van der Waals surface area contributed by atoms with Crippen LogP contribution in [0.25, 0.3) is 5.65 Å². The van der Waals surface area contributed by atoms with Crippen molar-refractivity contribution in [1.82, 2.24) is 9.38 Å². The maximum Gasteiger partial charge on any atom is 0.140 e. The van der Waals surface area contributed by atoms with Crippen molar-refractivity contribution in [3.05, 3.63) is 35.3 Å². The zero-order valence-electron chi connectivity index (χ0n) is 8.62. The number of rotatable bonds is 2. The second-order valence-electron chi connectivity index (χ2n) is 3.57. The Morgan fingerprint density at radius 3 is 2.86 bits per heavy atom. The summed E-state index contributed by atoms with van der Waals surface area (Å²) in [7, 11) is 0. The van der Waals surface area contributed by atoms with Crippen molar-refractivity contribution >= 4 is 5.65 Å². The normalized spacial score (nSPS) is 11.1. The third kappa shape index (κ3) is 1.30. The van der Waals surface area contributed by atoms with E-state index in [4.69, 9.17) is 5.73 Å². The van der Waals surface area contributed by atoms with E-state index in [-0.39, 0.29) is 0 Å². The predicted octanol–water partition coefficient (Wildman–Crippen LogP) is 1.45. The molecule has 0 aliphatic carbocycles. The minimum Gasteiger partial charge on any atom is -0.330 e. The first kappa shape index (κ1) is 9.21. The van der Waals surface area contributed by atoms with Gasteiger partial charge < -0.3 is 10.1 Å². The summed E-state index contributed by atoms with van der Waals surface area (Å²) in [4.78, 5) is 4.58. The van der Waals surface area contributed by atoms with Crippen LogP contribution in [0.4, 0.5) is 0 Å². The number of nitrogens with two attached hydrogens (primary N) is 1. The number of hydrogen-bond acceptors (Lipinski definition) is 2. The third-order valence-electron chi connectivity index (χ3n) is 2.56. The molecule has 2 aromatic heterocycles. The third-order valence-corrected chi connectivity index (χ3v) is 2.56. The molecule has 0 unspecified atom stereocenters. The molecule has 2 aromatic rings. The van der Waals surface area contributed by atoms with Crippen molar-refractivity contribution in [1.29, 1.82) is 0 Å². The van der Waals surface area contributed by atoms with Crippen LogP contribution in [-0.2, 0) is 6.42 Å². The lowest BCUT2D eigenvalue weighted by Crippen LogP contribution is -2.04. The number of hydrogen-bond donors (Lipinski definition) is 1. The first-order chi connectivity index (χ1) is 6.74. The van der Waals surface area contributed by atoms with E-state index in [1.807, 2.05) is 12.3 Å². The standard InChI is InChI=1S/C11H15N3/c1-8-4-3-7-14-9(2)10(5-6-12)13-11(8)14/h3-4,7H,5-6,12H2,1-2H3. The van der Waals surface area contributed by atoms with Crippen LogP contribution >= 0.6 is 0 Å². The van der Waals surface area contributed by atoms with E-state index in [9.17, 15) is 0 Å². The molecule has 3 heteroatoms. The van der Waals surface area contributed by atoms with E-state index >= 15 is 0 Å². The Morgan fingerprint density at radius 1 is 1.43 bits per heavy atom. The molecular formula is C11H15N3. The van der Waals surface area contributed by atoms with Gasteiger partial charge in [0, 0.05) is 18.3 Å². The summed E-state index contributed by atoms with van der Waals surface area (Å²) in [5.41, 5.74) is 10.1. The highest BCUT2D eigenvalue weighted by Gasteiger charge is 2.07. The van der Waals surface area contributed by atoms with E-state index in [0.717, 1.165) is 17.8 Å². The number of nitrogens with zero attached hydrogens (tertiary/aromatic N) is 2. The highest BCUT2D eigenvalue weighted by molar-refractivity contribution is 5.50. The van der Waals surface area contributed by atoms with Crippen LogP contribution in [0.3, 0.4) is 0 Å². The Kier molecular flexibility index (Phi) is 2.25. The number of aryl methyl sites for hydroxylation is 2. The van der Waals surface area contributed by atoms with Gasteiger partial charge in [-0.25, -0.2) is 4.98 Å². The Balaban J connectivity index is 2.67. The van der Waals surface area contributed by atoms with Gasteiger partial charge >= 0.3 is 0 Å². The zero-order chi connectivity index (χ0) is 10.1. The van der Waals surface area contributed by atoms with Gasteiger partial charge in [0.25, 0.3) is 0 Å². The van der Waals surface area contributed by atoms with Gasteiger partial charge in [-0.1, -0.05) is 6.07 Å². The van der Waals surface area contributed by atoms with Gasteiger partial charge in [0.1, 0.15) is 5.65 Å². The second kappa shape index (κ2) is 3.42. The number of imidazole rings is 1. The first-order valence-electron chi connectivity index (χ1n) is 4.87. The van der Waals surface area contributed by atoms with E-state index in [0.29, 0.717) is 6.54 Å². The van der Waals surface area contributed by atoms with Gasteiger partial charge in [0.05, 0.1) is 5.69 Å². The number of pyridine rings is 1. The van der Waals surface area contributed by atoms with Crippen LogP contribution in [-0.4, -0.2) is 15.9 Å². The Morgan fingerprint density at radius 2 is 2.21 bits per heavy atom. The fraction of sp³-hybridized carbons (Fsp3) is 0.364. The maximum absolute atomic E-state index is 5.54. The molecule has 74 valence electrons. The zero-order valence-corrected chi connectivity index (χ0v) is 8.62. The van der Waals surface area contributed by atoms with Crippen molar-refractivity contribution in [2.24, 2.45) is 5.73 Å². The summed E-state index contributed by atoms with van der Waals surface area (Å²) >= 11 is 0. The molecule has 0 aliphatic heterocycles. The highest BCUT2D eigenvalue weighted by Crippen LogP contribution is 2.14. The molecule has 0 aromatic carbocycles. The molecule has 2 N–H and O–H groups in total. The monoisotopic (exact) mass is 189 g/mol. The Hall–Kier alpha value is -1.35. The average molecular weight is 189 g/mol. The summed E-state index contributed by atoms with van der Waals surface area (Å²) in [6.45, 7) is 4.82. The molecular weight excluding hydrogens is 174 g/mol. The van der Waals surface area contributed by atoms with Crippen molar-refractivity contribution in [2.75, 3.05) is 6.54 Å². The van der Waals surface area contributed by atoms with Crippen molar-refractivity contribution in [3.63, 3.8) is 0 Å². The van der Waals surface area contributed by atoms with Crippen LogP contribution in [0.15, 0.2) is 18.3 Å². The van der Waals surface area contributed by atoms with Crippen LogP contribution in [0.2, 0.25) is 0 Å². The quantitative estimate of drug-likeness (QED) is 0.777. The molecule has 0 bridgehead atoms. The maximum atomic E-state index is 5.54. The summed E-state index contributed by atoms with van der Waals surface area (Å²) < 4.78 is 2.13. The molecule has 0 spiro atoms. The Bertz CT molecular complexity index is 457. The van der Waals surface area contributed by atoms with Crippen molar-refractivity contribution < 1.29 is 0 Å². The summed E-state index contributed by atoms with van der Waals surface area (Å²) in [5.74, 6) is 0. The van der Waals surface area contributed by atoms with Gasteiger partial charge in [0.2, 0.25) is 0 Å². The molecule has 0 saturated carbocycles. The second-order valence-corrected chi connectivity index (χ2v) is 3.57. The van der Waals surface area contributed by atoms with E-state index < -0.39 is 0 Å². The molecule has 0 atom stereocenters. The van der Waals surface area contributed by atoms with Crippen LogP contribution in [0.1, 0.15) is 17.0 Å². The van der Waals surface area contributed by atoms with Gasteiger partial charge in [-0.3, -0.25) is 0 Å². The first-order valence-corrected chi connectivity index (χ1v) is 4.87. The molecule has 14 heavy (non-hydrogen) atoms. The molecule has 3 nitrogen and oxygen atoms in total. The van der Waals surface area contributed by atoms with Gasteiger partial charge in [0.15, 0.2) is 0 Å². The van der Waals surface area contributed by atoms with Crippen LogP contribution in [0.5, 0.6) is 0 Å². The summed E-state index contributed by atoms with van der Waals surface area (Å²) in [6, 6.07) is 4.12. The molecule has 2 heterocycles. The number of aromatic nitrogens is 2. The fourth-order valence-corrected chi connectivity index (χ4v) is 1.74. The van der Waals surface area contributed by atoms with E-state index in [2.05, 4.69) is 29.3 Å². The topological polar surface area (TPSA) is 43.3 Å². The van der Waals surface area contributed by atoms with Crippen molar-refractivity contribution in [3.8, 4) is 0 Å². The molecule has 2 rings (SSSR count). The Labute approximate surface area is 83.6 Å². The number of fused-ring (bicyclic) bond motifs is 1. The molecule has 0 fully saturated rings.